The molecule has 24 heavy (non-hydrogen) atoms. The lowest BCUT2D eigenvalue weighted by molar-refractivity contribution is -0.138. The minimum Gasteiger partial charge on any atom is -0.481 e. The summed E-state index contributed by atoms with van der Waals surface area (Å²) >= 11 is 0. The number of nitrogens with zero attached hydrogens (tertiary/aromatic N) is 1. The van der Waals surface area contributed by atoms with Crippen molar-refractivity contribution in [3.63, 3.8) is 0 Å². The molecule has 2 N–H and O–H groups in total. The van der Waals surface area contributed by atoms with Gasteiger partial charge in [-0.15, -0.1) is 0 Å². The Morgan fingerprint density at radius 3 is 2.21 bits per heavy atom. The van der Waals surface area contributed by atoms with Crippen molar-refractivity contribution >= 4 is 27.7 Å². The molecule has 0 heterocycles. The molecule has 1 aromatic carbocycles. The van der Waals surface area contributed by atoms with E-state index in [1.807, 2.05) is 0 Å². The molecular formula is C15H20N2O6S. The molecule has 0 fully saturated rings. The highest BCUT2D eigenvalue weighted by Gasteiger charge is 2.16. The number of aliphatic carboxylic acids is 1. The minimum absolute atomic E-state index is 0.000759. The Bertz CT molecular complexity index is 712. The van der Waals surface area contributed by atoms with Gasteiger partial charge in [0, 0.05) is 32.1 Å². The predicted octanol–water partition coefficient (Wildman–Crippen LogP) is 0.491. The number of benzene rings is 1. The number of Topliss-reactive ketones (excluding diaryl/α,β-unsaturated/α-hetero) is 1. The zero-order chi connectivity index (χ0) is 18.3. The van der Waals surface area contributed by atoms with E-state index < -0.39 is 16.0 Å². The second kappa shape index (κ2) is 8.55. The standard InChI is InChI=1S/C15H20N2O6S/c1-11(18)12-3-5-13(6-4-12)24(22,23)16-9-7-14(19)17(2)10-8-15(20)21/h3-6,16H,7-10H2,1-2H3,(H,20,21). The second-order valence-electron chi connectivity index (χ2n) is 5.19. The van der Waals surface area contributed by atoms with Crippen LogP contribution in [-0.4, -0.2) is 56.2 Å². The van der Waals surface area contributed by atoms with Crippen LogP contribution in [0.3, 0.4) is 0 Å². The maximum Gasteiger partial charge on any atom is 0.305 e. The molecule has 1 aromatic rings. The smallest absolute Gasteiger partial charge is 0.305 e. The molecule has 8 nitrogen and oxygen atoms in total. The van der Waals surface area contributed by atoms with E-state index in [0.717, 1.165) is 0 Å². The number of carboxylic acids is 1. The number of nitrogens with one attached hydrogen (secondary N) is 1. The molecule has 0 atom stereocenters. The number of hydrogen-bond acceptors (Lipinski definition) is 5. The third kappa shape index (κ3) is 6.09. The molecule has 0 aliphatic carbocycles. The van der Waals surface area contributed by atoms with Crippen molar-refractivity contribution in [2.75, 3.05) is 20.1 Å². The molecule has 0 bridgehead atoms. The summed E-state index contributed by atoms with van der Waals surface area (Å²) in [4.78, 5) is 34.6. The van der Waals surface area contributed by atoms with Gasteiger partial charge in [0.2, 0.25) is 15.9 Å². The lowest BCUT2D eigenvalue weighted by atomic mass is 10.2. The highest BCUT2D eigenvalue weighted by molar-refractivity contribution is 7.89. The van der Waals surface area contributed by atoms with Crippen LogP contribution in [0.1, 0.15) is 30.1 Å². The number of rotatable bonds is 9. The quantitative estimate of drug-likeness (QED) is 0.621. The first-order valence-electron chi connectivity index (χ1n) is 7.20. The van der Waals surface area contributed by atoms with Gasteiger partial charge in [-0.25, -0.2) is 13.1 Å². The number of carbonyl (C=O) groups is 3. The van der Waals surface area contributed by atoms with Crippen LogP contribution in [-0.2, 0) is 19.6 Å². The van der Waals surface area contributed by atoms with E-state index in [1.165, 1.54) is 43.1 Å². The van der Waals surface area contributed by atoms with Crippen molar-refractivity contribution in [3.05, 3.63) is 29.8 Å². The molecule has 132 valence electrons. The Hall–Kier alpha value is -2.26. The van der Waals surface area contributed by atoms with Gasteiger partial charge in [-0.05, 0) is 19.1 Å². The van der Waals surface area contributed by atoms with Crippen LogP contribution in [0.2, 0.25) is 0 Å². The zero-order valence-electron chi connectivity index (χ0n) is 13.5. The van der Waals surface area contributed by atoms with Crippen molar-refractivity contribution < 1.29 is 27.9 Å². The zero-order valence-corrected chi connectivity index (χ0v) is 14.3. The Morgan fingerprint density at radius 1 is 1.12 bits per heavy atom. The predicted molar refractivity (Wildman–Crippen MR) is 86.1 cm³/mol. The van der Waals surface area contributed by atoms with Gasteiger partial charge in [-0.2, -0.15) is 0 Å². The van der Waals surface area contributed by atoms with E-state index in [-0.39, 0.29) is 42.5 Å². The molecule has 0 radical (unpaired) electrons. The number of carbonyl (C=O) groups excluding carboxylic acids is 2. The van der Waals surface area contributed by atoms with Crippen molar-refractivity contribution in [1.82, 2.24) is 9.62 Å². The lowest BCUT2D eigenvalue weighted by Gasteiger charge is -2.16. The van der Waals surface area contributed by atoms with E-state index >= 15 is 0 Å². The molecule has 0 unspecified atom stereocenters. The first kappa shape index (κ1) is 19.8. The second-order valence-corrected chi connectivity index (χ2v) is 6.95. The normalized spacial score (nSPS) is 11.1. The number of ketones is 1. The molecular weight excluding hydrogens is 336 g/mol. The number of hydrogen-bond donors (Lipinski definition) is 2. The Labute approximate surface area is 140 Å². The van der Waals surface area contributed by atoms with Gasteiger partial charge in [0.15, 0.2) is 5.78 Å². The average Bonchev–Trinajstić information content (AvgIpc) is 2.52. The number of carboxylic acid groups (broad SMARTS) is 1. The van der Waals surface area contributed by atoms with Crippen molar-refractivity contribution in [3.8, 4) is 0 Å². The van der Waals surface area contributed by atoms with E-state index in [1.54, 1.807) is 0 Å². The lowest BCUT2D eigenvalue weighted by Crippen LogP contribution is -2.33. The maximum atomic E-state index is 12.1. The summed E-state index contributed by atoms with van der Waals surface area (Å²) in [7, 11) is -2.32. The van der Waals surface area contributed by atoms with Gasteiger partial charge < -0.3 is 10.0 Å². The van der Waals surface area contributed by atoms with Crippen molar-refractivity contribution in [1.29, 1.82) is 0 Å². The SMILES string of the molecule is CC(=O)c1ccc(S(=O)(=O)NCCC(=O)N(C)CCC(=O)O)cc1. The largest absolute Gasteiger partial charge is 0.481 e. The fourth-order valence-electron chi connectivity index (χ4n) is 1.82. The molecule has 1 rings (SSSR count). The van der Waals surface area contributed by atoms with Crippen LogP contribution in [0.25, 0.3) is 0 Å². The third-order valence-electron chi connectivity index (χ3n) is 3.29. The molecule has 1 amide bonds. The number of amides is 1. The van der Waals surface area contributed by atoms with Crippen molar-refractivity contribution in [2.24, 2.45) is 0 Å². The summed E-state index contributed by atoms with van der Waals surface area (Å²) in [6, 6.07) is 5.48. The molecule has 0 aliphatic heterocycles. The first-order chi connectivity index (χ1) is 11.1. The Morgan fingerprint density at radius 2 is 1.71 bits per heavy atom. The molecule has 0 spiro atoms. The third-order valence-corrected chi connectivity index (χ3v) is 4.77. The van der Waals surface area contributed by atoms with Crippen LogP contribution in [0.4, 0.5) is 0 Å². The molecule has 0 saturated carbocycles. The monoisotopic (exact) mass is 356 g/mol. The summed E-state index contributed by atoms with van der Waals surface area (Å²) in [6.45, 7) is 1.34. The molecule has 9 heteroatoms. The van der Waals surface area contributed by atoms with Crippen LogP contribution >= 0.6 is 0 Å². The topological polar surface area (TPSA) is 121 Å². The average molecular weight is 356 g/mol. The number of sulfonamides is 1. The maximum absolute atomic E-state index is 12.1. The van der Waals surface area contributed by atoms with E-state index in [2.05, 4.69) is 4.72 Å². The Kier molecular flexibility index (Phi) is 7.05. The van der Waals surface area contributed by atoms with E-state index in [4.69, 9.17) is 5.11 Å². The highest BCUT2D eigenvalue weighted by atomic mass is 32.2. The van der Waals surface area contributed by atoms with E-state index in [0.29, 0.717) is 5.56 Å². The van der Waals surface area contributed by atoms with Crippen LogP contribution in [0.15, 0.2) is 29.2 Å². The summed E-state index contributed by atoms with van der Waals surface area (Å²) in [5.74, 6) is -1.53. The molecule has 0 aromatic heterocycles. The van der Waals surface area contributed by atoms with Crippen LogP contribution in [0, 0.1) is 0 Å². The Balaban J connectivity index is 2.55. The van der Waals surface area contributed by atoms with Crippen LogP contribution in [0.5, 0.6) is 0 Å². The first-order valence-corrected chi connectivity index (χ1v) is 8.68. The summed E-state index contributed by atoms with van der Waals surface area (Å²) in [5.41, 5.74) is 0.407. The summed E-state index contributed by atoms with van der Waals surface area (Å²) in [6.07, 6.45) is -0.253. The van der Waals surface area contributed by atoms with E-state index in [9.17, 15) is 22.8 Å². The van der Waals surface area contributed by atoms with Gasteiger partial charge in [0.25, 0.3) is 0 Å². The summed E-state index contributed by atoms with van der Waals surface area (Å²) in [5, 5.41) is 8.56. The van der Waals surface area contributed by atoms with Gasteiger partial charge in [0.05, 0.1) is 11.3 Å². The molecule has 0 aliphatic rings. The molecule has 0 saturated heterocycles. The van der Waals surface area contributed by atoms with Gasteiger partial charge in [0.1, 0.15) is 0 Å². The summed E-state index contributed by atoms with van der Waals surface area (Å²) < 4.78 is 26.5. The minimum atomic E-state index is -3.78. The van der Waals surface area contributed by atoms with Gasteiger partial charge >= 0.3 is 5.97 Å². The van der Waals surface area contributed by atoms with Gasteiger partial charge in [-0.1, -0.05) is 12.1 Å². The van der Waals surface area contributed by atoms with Crippen LogP contribution < -0.4 is 4.72 Å². The highest BCUT2D eigenvalue weighted by Crippen LogP contribution is 2.11. The van der Waals surface area contributed by atoms with Gasteiger partial charge in [-0.3, -0.25) is 14.4 Å². The van der Waals surface area contributed by atoms with Crippen molar-refractivity contribution in [2.45, 2.75) is 24.7 Å². The fourth-order valence-corrected chi connectivity index (χ4v) is 2.86. The fraction of sp³-hybridized carbons (Fsp3) is 0.400.